The van der Waals surface area contributed by atoms with Gasteiger partial charge < -0.3 is 20.1 Å². The predicted octanol–water partition coefficient (Wildman–Crippen LogP) is 0.546. The van der Waals surface area contributed by atoms with Gasteiger partial charge in [-0.25, -0.2) is 0 Å². The first-order valence-corrected chi connectivity index (χ1v) is 5.78. The van der Waals surface area contributed by atoms with Crippen molar-refractivity contribution in [3.63, 3.8) is 0 Å². The molecule has 1 aromatic carbocycles. The van der Waals surface area contributed by atoms with Crippen LogP contribution in [-0.2, 0) is 16.1 Å². The molecule has 5 nitrogen and oxygen atoms in total. The first-order chi connectivity index (χ1) is 8.71. The molecule has 1 atom stereocenters. The predicted molar refractivity (Wildman–Crippen MR) is 69.6 cm³/mol. The SMILES string of the molecule is CNC(COC)C(=O)NCc1cccc(OC)c1. The fraction of sp³-hybridized carbons (Fsp3) is 0.462. The van der Waals surface area contributed by atoms with Gasteiger partial charge in [0.05, 0.1) is 13.7 Å². The van der Waals surface area contributed by atoms with Crippen molar-refractivity contribution in [2.24, 2.45) is 0 Å². The van der Waals surface area contributed by atoms with E-state index in [1.807, 2.05) is 24.3 Å². The van der Waals surface area contributed by atoms with Gasteiger partial charge in [0.15, 0.2) is 0 Å². The average molecular weight is 252 g/mol. The summed E-state index contributed by atoms with van der Waals surface area (Å²) in [6.45, 7) is 0.818. The van der Waals surface area contributed by atoms with Crippen LogP contribution in [0, 0.1) is 0 Å². The van der Waals surface area contributed by atoms with Crippen LogP contribution in [0.1, 0.15) is 5.56 Å². The van der Waals surface area contributed by atoms with Crippen LogP contribution >= 0.6 is 0 Å². The molecule has 0 radical (unpaired) electrons. The Morgan fingerprint density at radius 1 is 1.39 bits per heavy atom. The van der Waals surface area contributed by atoms with Crippen molar-refractivity contribution in [2.45, 2.75) is 12.6 Å². The second-order valence-corrected chi connectivity index (χ2v) is 3.87. The molecular formula is C13H20N2O3. The van der Waals surface area contributed by atoms with E-state index < -0.39 is 0 Å². The Labute approximate surface area is 107 Å². The van der Waals surface area contributed by atoms with Crippen LogP contribution in [0.2, 0.25) is 0 Å². The number of nitrogens with one attached hydrogen (secondary N) is 2. The number of carbonyl (C=O) groups excluding carboxylic acids is 1. The van der Waals surface area contributed by atoms with Crippen molar-refractivity contribution in [1.82, 2.24) is 10.6 Å². The molecule has 0 saturated heterocycles. The number of likely N-dealkylation sites (N-methyl/N-ethyl adjacent to an activating group) is 1. The lowest BCUT2D eigenvalue weighted by Crippen LogP contribution is -2.45. The highest BCUT2D eigenvalue weighted by molar-refractivity contribution is 5.81. The van der Waals surface area contributed by atoms with Crippen LogP contribution in [0.3, 0.4) is 0 Å². The maximum absolute atomic E-state index is 11.8. The molecule has 0 saturated carbocycles. The van der Waals surface area contributed by atoms with Crippen molar-refractivity contribution >= 4 is 5.91 Å². The van der Waals surface area contributed by atoms with Crippen molar-refractivity contribution in [2.75, 3.05) is 27.9 Å². The Hall–Kier alpha value is -1.59. The summed E-state index contributed by atoms with van der Waals surface area (Å²) in [4.78, 5) is 11.8. The van der Waals surface area contributed by atoms with Crippen molar-refractivity contribution in [1.29, 1.82) is 0 Å². The van der Waals surface area contributed by atoms with E-state index in [4.69, 9.17) is 9.47 Å². The van der Waals surface area contributed by atoms with E-state index in [1.165, 1.54) is 0 Å². The smallest absolute Gasteiger partial charge is 0.239 e. The number of hydrogen-bond acceptors (Lipinski definition) is 4. The van der Waals surface area contributed by atoms with Gasteiger partial charge >= 0.3 is 0 Å². The van der Waals surface area contributed by atoms with Gasteiger partial charge in [0, 0.05) is 13.7 Å². The Bertz CT molecular complexity index is 382. The summed E-state index contributed by atoms with van der Waals surface area (Å²) in [6, 6.07) is 7.26. The third kappa shape index (κ3) is 4.35. The number of methoxy groups -OCH3 is 2. The maximum Gasteiger partial charge on any atom is 0.239 e. The molecule has 0 bridgehead atoms. The van der Waals surface area contributed by atoms with Gasteiger partial charge in [0.2, 0.25) is 5.91 Å². The van der Waals surface area contributed by atoms with E-state index in [1.54, 1.807) is 21.3 Å². The Balaban J connectivity index is 2.50. The molecule has 0 aromatic heterocycles. The van der Waals surface area contributed by atoms with E-state index >= 15 is 0 Å². The standard InChI is InChI=1S/C13H20N2O3/c1-14-12(9-17-2)13(16)15-8-10-5-4-6-11(7-10)18-3/h4-7,12,14H,8-9H2,1-3H3,(H,15,16). The first kappa shape index (κ1) is 14.5. The number of carbonyl (C=O) groups is 1. The van der Waals surface area contributed by atoms with Crippen LogP contribution in [0.15, 0.2) is 24.3 Å². The van der Waals surface area contributed by atoms with Gasteiger partial charge in [-0.1, -0.05) is 12.1 Å². The molecule has 1 unspecified atom stereocenters. The average Bonchev–Trinajstić information content (AvgIpc) is 2.42. The summed E-state index contributed by atoms with van der Waals surface area (Å²) in [7, 11) is 4.92. The van der Waals surface area contributed by atoms with Crippen LogP contribution < -0.4 is 15.4 Å². The molecule has 0 aliphatic rings. The third-order valence-corrected chi connectivity index (χ3v) is 2.60. The van der Waals surface area contributed by atoms with Crippen molar-refractivity contribution in [3.05, 3.63) is 29.8 Å². The van der Waals surface area contributed by atoms with E-state index in [0.29, 0.717) is 13.2 Å². The lowest BCUT2D eigenvalue weighted by atomic mass is 10.2. The molecule has 1 amide bonds. The fourth-order valence-corrected chi connectivity index (χ4v) is 1.55. The Kier molecular flexibility index (Phi) is 6.18. The molecule has 0 spiro atoms. The molecule has 0 aliphatic carbocycles. The minimum atomic E-state index is -0.333. The Morgan fingerprint density at radius 2 is 2.17 bits per heavy atom. The van der Waals surface area contributed by atoms with Crippen LogP contribution in [0.25, 0.3) is 0 Å². The molecule has 5 heteroatoms. The highest BCUT2D eigenvalue weighted by Gasteiger charge is 2.15. The minimum absolute atomic E-state index is 0.0813. The molecule has 2 N–H and O–H groups in total. The summed E-state index contributed by atoms with van der Waals surface area (Å²) in [5, 5.41) is 5.75. The molecule has 0 aliphatic heterocycles. The van der Waals surface area contributed by atoms with E-state index in [0.717, 1.165) is 11.3 Å². The number of ether oxygens (including phenoxy) is 2. The molecule has 0 fully saturated rings. The fourth-order valence-electron chi connectivity index (χ4n) is 1.55. The van der Waals surface area contributed by atoms with Crippen molar-refractivity contribution in [3.8, 4) is 5.75 Å². The minimum Gasteiger partial charge on any atom is -0.497 e. The summed E-state index contributed by atoms with van der Waals surface area (Å²) in [6.07, 6.45) is 0. The van der Waals surface area contributed by atoms with Gasteiger partial charge in [0.1, 0.15) is 11.8 Å². The van der Waals surface area contributed by atoms with Gasteiger partial charge in [-0.2, -0.15) is 0 Å². The summed E-state index contributed by atoms with van der Waals surface area (Å²) in [5.41, 5.74) is 0.995. The topological polar surface area (TPSA) is 59.6 Å². The van der Waals surface area contributed by atoms with Crippen LogP contribution in [0.4, 0.5) is 0 Å². The maximum atomic E-state index is 11.8. The van der Waals surface area contributed by atoms with Crippen LogP contribution in [-0.4, -0.2) is 39.8 Å². The quantitative estimate of drug-likeness (QED) is 0.744. The first-order valence-electron chi connectivity index (χ1n) is 5.78. The lowest BCUT2D eigenvalue weighted by Gasteiger charge is -2.15. The largest absolute Gasteiger partial charge is 0.497 e. The van der Waals surface area contributed by atoms with Gasteiger partial charge in [0.25, 0.3) is 0 Å². The molecule has 1 rings (SSSR count). The number of hydrogen-bond donors (Lipinski definition) is 2. The molecule has 100 valence electrons. The van der Waals surface area contributed by atoms with Gasteiger partial charge in [-0.3, -0.25) is 4.79 Å². The van der Waals surface area contributed by atoms with Gasteiger partial charge in [-0.05, 0) is 24.7 Å². The summed E-state index contributed by atoms with van der Waals surface area (Å²) in [5.74, 6) is 0.700. The van der Waals surface area contributed by atoms with Crippen molar-refractivity contribution < 1.29 is 14.3 Å². The van der Waals surface area contributed by atoms with Crippen LogP contribution in [0.5, 0.6) is 5.75 Å². The van der Waals surface area contributed by atoms with E-state index in [-0.39, 0.29) is 11.9 Å². The zero-order chi connectivity index (χ0) is 13.4. The number of benzene rings is 1. The zero-order valence-electron chi connectivity index (χ0n) is 11.0. The second-order valence-electron chi connectivity index (χ2n) is 3.87. The second kappa shape index (κ2) is 7.68. The molecular weight excluding hydrogens is 232 g/mol. The monoisotopic (exact) mass is 252 g/mol. The van der Waals surface area contributed by atoms with Gasteiger partial charge in [-0.15, -0.1) is 0 Å². The third-order valence-electron chi connectivity index (χ3n) is 2.60. The highest BCUT2D eigenvalue weighted by Crippen LogP contribution is 2.12. The Morgan fingerprint density at radius 3 is 2.78 bits per heavy atom. The summed E-state index contributed by atoms with van der Waals surface area (Å²) < 4.78 is 10.1. The molecule has 0 heterocycles. The van der Waals surface area contributed by atoms with E-state index in [2.05, 4.69) is 10.6 Å². The number of rotatable bonds is 7. The molecule has 1 aromatic rings. The summed E-state index contributed by atoms with van der Waals surface area (Å²) >= 11 is 0. The molecule has 18 heavy (non-hydrogen) atoms. The highest BCUT2D eigenvalue weighted by atomic mass is 16.5. The zero-order valence-corrected chi connectivity index (χ0v) is 11.0. The lowest BCUT2D eigenvalue weighted by molar-refractivity contribution is -0.124. The van der Waals surface area contributed by atoms with E-state index in [9.17, 15) is 4.79 Å². The normalized spacial score (nSPS) is 11.9. The number of amides is 1.